The largest absolute Gasteiger partial charge is 0.454 e. The Morgan fingerprint density at radius 3 is 2.71 bits per heavy atom. The molecule has 1 aromatic carbocycles. The second-order valence-corrected chi connectivity index (χ2v) is 4.25. The minimum Gasteiger partial charge on any atom is -0.454 e. The van der Waals surface area contributed by atoms with Gasteiger partial charge in [0.15, 0.2) is 5.84 Å². The molecule has 0 bridgehead atoms. The van der Waals surface area contributed by atoms with Crippen molar-refractivity contribution in [1.82, 2.24) is 4.98 Å². The maximum Gasteiger partial charge on any atom is 0.271 e. The van der Waals surface area contributed by atoms with Crippen LogP contribution in [0.1, 0.15) is 5.69 Å². The topological polar surface area (TPSA) is 124 Å². The van der Waals surface area contributed by atoms with E-state index in [1.807, 2.05) is 0 Å². The molecule has 3 N–H and O–H groups in total. The Labute approximate surface area is 123 Å². The molecule has 0 aliphatic rings. The number of nitrogens with two attached hydrogens (primary N) is 1. The summed E-state index contributed by atoms with van der Waals surface area (Å²) in [5.41, 5.74) is 5.52. The van der Waals surface area contributed by atoms with E-state index < -0.39 is 4.92 Å². The molecule has 1 heterocycles. The number of benzene rings is 1. The molecule has 2 aromatic rings. The van der Waals surface area contributed by atoms with Gasteiger partial charge in [-0.2, -0.15) is 0 Å². The Morgan fingerprint density at radius 2 is 2.19 bits per heavy atom. The SMILES string of the molecule is N/C(=N/O)c1ccc(Oc2ccc([N+](=O)[O-])cc2Cl)cn1. The van der Waals surface area contributed by atoms with Crippen LogP contribution < -0.4 is 10.5 Å². The molecule has 2 rings (SSSR count). The van der Waals surface area contributed by atoms with E-state index in [0.29, 0.717) is 5.75 Å². The molecule has 0 unspecified atom stereocenters. The zero-order valence-corrected chi connectivity index (χ0v) is 11.2. The van der Waals surface area contributed by atoms with Crippen LogP contribution in [-0.2, 0) is 0 Å². The number of hydrogen-bond donors (Lipinski definition) is 2. The van der Waals surface area contributed by atoms with Crippen molar-refractivity contribution in [2.75, 3.05) is 0 Å². The Balaban J connectivity index is 2.20. The van der Waals surface area contributed by atoms with Crippen LogP contribution in [0.3, 0.4) is 0 Å². The summed E-state index contributed by atoms with van der Waals surface area (Å²) in [6.07, 6.45) is 1.35. The average Bonchev–Trinajstić information content (AvgIpc) is 2.49. The van der Waals surface area contributed by atoms with Gasteiger partial charge in [0, 0.05) is 12.1 Å². The van der Waals surface area contributed by atoms with E-state index in [9.17, 15) is 10.1 Å². The van der Waals surface area contributed by atoms with Crippen molar-refractivity contribution >= 4 is 23.1 Å². The lowest BCUT2D eigenvalue weighted by atomic mass is 10.3. The van der Waals surface area contributed by atoms with Gasteiger partial charge < -0.3 is 15.7 Å². The molecule has 21 heavy (non-hydrogen) atoms. The molecule has 0 saturated carbocycles. The van der Waals surface area contributed by atoms with E-state index in [1.54, 1.807) is 0 Å². The number of nitro benzene ring substituents is 1. The highest BCUT2D eigenvalue weighted by atomic mass is 35.5. The summed E-state index contributed by atoms with van der Waals surface area (Å²) in [5.74, 6) is 0.468. The number of nitrogens with zero attached hydrogens (tertiary/aromatic N) is 3. The third kappa shape index (κ3) is 3.37. The number of pyridine rings is 1. The van der Waals surface area contributed by atoms with Gasteiger partial charge in [-0.3, -0.25) is 10.1 Å². The van der Waals surface area contributed by atoms with Gasteiger partial charge in [0.25, 0.3) is 5.69 Å². The Bertz CT molecular complexity index is 703. The first-order chi connectivity index (χ1) is 10.0. The maximum absolute atomic E-state index is 10.6. The smallest absolute Gasteiger partial charge is 0.271 e. The number of ether oxygens (including phenoxy) is 1. The summed E-state index contributed by atoms with van der Waals surface area (Å²) in [6.45, 7) is 0. The number of aromatic nitrogens is 1. The molecule has 0 radical (unpaired) electrons. The summed E-state index contributed by atoms with van der Waals surface area (Å²) in [4.78, 5) is 14.0. The number of rotatable bonds is 4. The van der Waals surface area contributed by atoms with Crippen LogP contribution in [0.2, 0.25) is 5.02 Å². The molecule has 0 spiro atoms. The predicted octanol–water partition coefficient (Wildman–Crippen LogP) is 2.53. The van der Waals surface area contributed by atoms with Crippen LogP contribution in [0, 0.1) is 10.1 Å². The molecule has 0 amide bonds. The van der Waals surface area contributed by atoms with Crippen LogP contribution in [0.25, 0.3) is 0 Å². The molecule has 1 aromatic heterocycles. The molecule has 0 aliphatic carbocycles. The monoisotopic (exact) mass is 308 g/mol. The van der Waals surface area contributed by atoms with Crippen molar-refractivity contribution in [3.63, 3.8) is 0 Å². The summed E-state index contributed by atoms with van der Waals surface area (Å²) in [7, 11) is 0. The lowest BCUT2D eigenvalue weighted by molar-refractivity contribution is -0.384. The molecule has 0 aliphatic heterocycles. The van der Waals surface area contributed by atoms with Gasteiger partial charge in [0.2, 0.25) is 0 Å². The highest BCUT2D eigenvalue weighted by Gasteiger charge is 2.11. The first-order valence-electron chi connectivity index (χ1n) is 5.57. The highest BCUT2D eigenvalue weighted by molar-refractivity contribution is 6.32. The van der Waals surface area contributed by atoms with Crippen molar-refractivity contribution < 1.29 is 14.9 Å². The van der Waals surface area contributed by atoms with Crippen LogP contribution in [0.5, 0.6) is 11.5 Å². The van der Waals surface area contributed by atoms with Crippen LogP contribution >= 0.6 is 11.6 Å². The average molecular weight is 309 g/mol. The minimum atomic E-state index is -0.553. The summed E-state index contributed by atoms with van der Waals surface area (Å²) in [6, 6.07) is 6.88. The zero-order chi connectivity index (χ0) is 15.4. The molecule has 9 heteroatoms. The Morgan fingerprint density at radius 1 is 1.43 bits per heavy atom. The van der Waals surface area contributed by atoms with Gasteiger partial charge in [-0.05, 0) is 18.2 Å². The lowest BCUT2D eigenvalue weighted by Crippen LogP contribution is -2.14. The van der Waals surface area contributed by atoms with Gasteiger partial charge in [-0.15, -0.1) is 0 Å². The molecular weight excluding hydrogens is 300 g/mol. The first kappa shape index (κ1) is 14.5. The number of amidine groups is 1. The Kier molecular flexibility index (Phi) is 4.19. The zero-order valence-electron chi connectivity index (χ0n) is 10.4. The van der Waals surface area contributed by atoms with Crippen molar-refractivity contribution in [1.29, 1.82) is 0 Å². The molecule has 0 fully saturated rings. The van der Waals surface area contributed by atoms with E-state index in [0.717, 1.165) is 0 Å². The summed E-state index contributed by atoms with van der Waals surface area (Å²) >= 11 is 5.91. The normalized spacial score (nSPS) is 11.2. The molecular formula is C12H9ClN4O4. The molecule has 108 valence electrons. The van der Waals surface area contributed by atoms with Gasteiger partial charge >= 0.3 is 0 Å². The maximum atomic E-state index is 10.6. The summed E-state index contributed by atoms with van der Waals surface area (Å²) in [5, 5.41) is 22.0. The van der Waals surface area contributed by atoms with Gasteiger partial charge in [0.1, 0.15) is 17.2 Å². The fourth-order valence-electron chi connectivity index (χ4n) is 1.46. The van der Waals surface area contributed by atoms with Gasteiger partial charge in [0.05, 0.1) is 16.1 Å². The fourth-order valence-corrected chi connectivity index (χ4v) is 1.67. The van der Waals surface area contributed by atoms with E-state index in [1.165, 1.54) is 36.5 Å². The first-order valence-corrected chi connectivity index (χ1v) is 5.95. The second-order valence-electron chi connectivity index (χ2n) is 3.84. The Hall–Kier alpha value is -2.87. The van der Waals surface area contributed by atoms with Crippen molar-refractivity contribution in [3.8, 4) is 11.5 Å². The standard InChI is InChI=1S/C12H9ClN4O4/c13-9-5-7(17(19)20)1-4-11(9)21-8-2-3-10(15-6-8)12(14)16-18/h1-6,18H,(H2,14,16). The lowest BCUT2D eigenvalue weighted by Gasteiger charge is -2.07. The van der Waals surface area contributed by atoms with Gasteiger partial charge in [-0.25, -0.2) is 4.98 Å². The van der Waals surface area contributed by atoms with Gasteiger partial charge in [-0.1, -0.05) is 16.8 Å². The molecule has 0 saturated heterocycles. The van der Waals surface area contributed by atoms with Crippen LogP contribution in [-0.4, -0.2) is 21.0 Å². The summed E-state index contributed by atoms with van der Waals surface area (Å²) < 4.78 is 5.45. The second kappa shape index (κ2) is 6.06. The van der Waals surface area contributed by atoms with E-state index in [-0.39, 0.29) is 28.0 Å². The van der Waals surface area contributed by atoms with Crippen LogP contribution in [0.4, 0.5) is 5.69 Å². The van der Waals surface area contributed by atoms with E-state index >= 15 is 0 Å². The van der Waals surface area contributed by atoms with Crippen molar-refractivity contribution in [2.45, 2.75) is 0 Å². The fraction of sp³-hybridized carbons (Fsp3) is 0. The van der Waals surface area contributed by atoms with Crippen LogP contribution in [0.15, 0.2) is 41.7 Å². The van der Waals surface area contributed by atoms with E-state index in [4.69, 9.17) is 27.3 Å². The number of nitro groups is 1. The third-order valence-corrected chi connectivity index (χ3v) is 2.76. The minimum absolute atomic E-state index is 0.102. The highest BCUT2D eigenvalue weighted by Crippen LogP contribution is 2.32. The number of oxime groups is 1. The molecule has 8 nitrogen and oxygen atoms in total. The molecule has 0 atom stereocenters. The number of hydrogen-bond acceptors (Lipinski definition) is 6. The van der Waals surface area contributed by atoms with Crippen molar-refractivity contribution in [2.24, 2.45) is 10.9 Å². The number of halogens is 1. The van der Waals surface area contributed by atoms with E-state index in [2.05, 4.69) is 10.1 Å². The third-order valence-electron chi connectivity index (χ3n) is 2.46. The van der Waals surface area contributed by atoms with Crippen molar-refractivity contribution in [3.05, 3.63) is 57.4 Å². The predicted molar refractivity (Wildman–Crippen MR) is 74.9 cm³/mol. The quantitative estimate of drug-likeness (QED) is 0.294. The number of non-ortho nitro benzene ring substituents is 1.